The number of unbranched alkanes of at least 4 members (excludes halogenated alkanes) is 2. The highest BCUT2D eigenvalue weighted by atomic mass is 16.6. The van der Waals surface area contributed by atoms with Gasteiger partial charge in [0.15, 0.2) is 5.52 Å². The number of hydrogen-bond acceptors (Lipinski definition) is 17. The van der Waals surface area contributed by atoms with E-state index in [1.807, 2.05) is 72.8 Å². The third-order valence-electron chi connectivity index (χ3n) is 27.2. The Morgan fingerprint density at radius 2 is 1.07 bits per heavy atom. The van der Waals surface area contributed by atoms with E-state index >= 15 is 0 Å². The SMILES string of the molecule is C[C@H](CCCN(CC(=O)O)C(=O)CCCCCNc1ccc([N+](=O)[O-])c2nonc12)[C@H]1CCC2C3C(C[C@H](NCCCNC(=O)OCC4c5ccccc5-c5ccccc54)[C@@]21C)[C@@]1(C)CC[C@@H](OCCCNC(=O)OCC2c4ccccc4-c4ccccc42)CC1C[C@H]3OCCCNC(=O)OCC1c2ccccc2-c2ccccc21. The number of alkyl carbamates (subject to hydrolysis) is 3. The summed E-state index contributed by atoms with van der Waals surface area (Å²) in [6.45, 7) is 11.5. The van der Waals surface area contributed by atoms with Gasteiger partial charge in [0, 0.05) is 82.2 Å². The predicted molar refractivity (Wildman–Crippen MR) is 438 cm³/mol. The molecular weight excluding hydrogens is 1460 g/mol. The van der Waals surface area contributed by atoms with Crippen molar-refractivity contribution in [2.45, 2.75) is 160 Å². The maximum Gasteiger partial charge on any atom is 0.407 e. The Kier molecular flexibility index (Phi) is 25.2. The molecule has 6 N–H and O–H groups in total. The van der Waals surface area contributed by atoms with Crippen LogP contribution in [0.5, 0.6) is 0 Å². The number of non-ortho nitro benzene ring substituents is 1. The summed E-state index contributed by atoms with van der Waals surface area (Å²) in [5.41, 5.74) is 14.5. The van der Waals surface area contributed by atoms with Crippen molar-refractivity contribution < 1.29 is 62.3 Å². The normalized spacial score (nSPS) is 23.0. The molecule has 115 heavy (non-hydrogen) atoms. The van der Waals surface area contributed by atoms with E-state index in [2.05, 4.69) is 130 Å². The number of aromatic nitrogens is 2. The number of ether oxygens (including phenoxy) is 5. The summed E-state index contributed by atoms with van der Waals surface area (Å²) in [6.07, 6.45) is 10.8. The average Bonchev–Trinajstić information content (AvgIpc) is 1.35. The number of nitrogens with one attached hydrogen (secondary N) is 5. The molecule has 4 saturated carbocycles. The zero-order valence-electron chi connectivity index (χ0n) is 66.3. The molecule has 1 heterocycles. The molecule has 15 rings (SSSR count). The standard InChI is InChI=1S/C92H109N9O14/c1-58(23-19-48-100(54-84(103)104)83(102)36-5-4-18-43-93-79-39-40-80(101(108)109)87-86(79)98-115-99-87)76-37-38-77-85-78(53-82(92(76,77)3)94-44-20-45-95-88(105)112-55-73-67-30-12-6-24-61(67)62-25-7-13-31-68(62)73)91(2)42-41-60(110-49-21-46-96-89(106)113-56-74-69-32-14-8-26-63(69)64-27-9-15-33-70(64)74)51-59(91)52-81(85)111-50-22-47-97-90(107)114-57-75-71-34-16-10-28-65(71)66-29-11-17-35-72(66)75/h6-17,24-35,39-40,58-60,73-78,81-82,85,93-94H,4-5,18-23,36-38,41-57H2,1-3H3,(H,95,105)(H,96,106)(H,97,107)(H,103,104)/t58-,59?,60-,76-,77?,78?,81-,82+,85?,91+,92-/m1/s1. The van der Waals surface area contributed by atoms with E-state index < -0.39 is 29.2 Å². The number of nitro groups is 1. The molecule has 0 aliphatic heterocycles. The van der Waals surface area contributed by atoms with Crippen LogP contribution in [0.3, 0.4) is 0 Å². The molecule has 0 saturated heterocycles. The van der Waals surface area contributed by atoms with Gasteiger partial charge in [-0.3, -0.25) is 19.7 Å². The molecule has 4 unspecified atom stereocenters. The van der Waals surface area contributed by atoms with Crippen LogP contribution in [0.1, 0.15) is 175 Å². The number of nitro benzene ring substituents is 1. The second kappa shape index (κ2) is 36.3. The smallest absolute Gasteiger partial charge is 0.407 e. The van der Waals surface area contributed by atoms with Crippen LogP contribution in [0.15, 0.2) is 162 Å². The molecule has 4 amide bonds. The summed E-state index contributed by atoms with van der Waals surface area (Å²) < 4.78 is 36.9. The number of anilines is 1. The van der Waals surface area contributed by atoms with Crippen LogP contribution in [-0.4, -0.2) is 152 Å². The van der Waals surface area contributed by atoms with Gasteiger partial charge < -0.3 is 60.3 Å². The Hall–Kier alpha value is -10.2. The van der Waals surface area contributed by atoms with Crippen molar-refractivity contribution in [1.29, 1.82) is 0 Å². The molecule has 7 aliphatic carbocycles. The highest BCUT2D eigenvalue weighted by molar-refractivity contribution is 5.93. The summed E-state index contributed by atoms with van der Waals surface area (Å²) in [6, 6.07) is 53.0. The lowest BCUT2D eigenvalue weighted by Gasteiger charge is -2.65. The summed E-state index contributed by atoms with van der Waals surface area (Å²) in [5, 5.41) is 45.9. The van der Waals surface area contributed by atoms with Crippen LogP contribution in [0.4, 0.5) is 25.8 Å². The van der Waals surface area contributed by atoms with Crippen LogP contribution < -0.4 is 26.6 Å². The summed E-state index contributed by atoms with van der Waals surface area (Å²) in [4.78, 5) is 79.3. The van der Waals surface area contributed by atoms with E-state index in [0.29, 0.717) is 115 Å². The number of benzene rings is 7. The van der Waals surface area contributed by atoms with E-state index in [9.17, 15) is 39.2 Å². The van der Waals surface area contributed by atoms with Gasteiger partial charge in [0.05, 0.1) is 22.8 Å². The lowest BCUT2D eigenvalue weighted by atomic mass is 9.42. The second-order valence-corrected chi connectivity index (χ2v) is 33.4. The number of amides is 4. The number of carbonyl (C=O) groups is 5. The topological polar surface area (TPSA) is 297 Å². The number of fused-ring (bicyclic) bond motifs is 15. The lowest BCUT2D eigenvalue weighted by Crippen LogP contribution is -2.65. The Morgan fingerprint density at radius 1 is 0.565 bits per heavy atom. The van der Waals surface area contributed by atoms with E-state index in [1.54, 1.807) is 6.07 Å². The predicted octanol–water partition coefficient (Wildman–Crippen LogP) is 16.8. The van der Waals surface area contributed by atoms with Crippen LogP contribution in [0, 0.1) is 56.5 Å². The third kappa shape index (κ3) is 17.2. The van der Waals surface area contributed by atoms with Crippen LogP contribution in [0.25, 0.3) is 44.4 Å². The maximum absolute atomic E-state index is 14.0. The van der Waals surface area contributed by atoms with Gasteiger partial charge in [0.1, 0.15) is 26.4 Å². The number of carbonyl (C=O) groups excluding carboxylic acids is 4. The Labute approximate surface area is 672 Å². The molecule has 7 aliphatic rings. The molecule has 11 atom stereocenters. The first-order valence-corrected chi connectivity index (χ1v) is 41.9. The van der Waals surface area contributed by atoms with Crippen molar-refractivity contribution in [3.8, 4) is 33.4 Å². The Balaban J connectivity index is 0.604. The fraction of sp³-hybridized carbons (Fsp3) is 0.489. The Bertz CT molecular complexity index is 4650. The fourth-order valence-corrected chi connectivity index (χ4v) is 21.6. The third-order valence-corrected chi connectivity index (χ3v) is 27.2. The van der Waals surface area contributed by atoms with Gasteiger partial charge in [-0.2, -0.15) is 0 Å². The summed E-state index contributed by atoms with van der Waals surface area (Å²) >= 11 is 0. The molecule has 0 spiro atoms. The van der Waals surface area contributed by atoms with Crippen LogP contribution in [0.2, 0.25) is 0 Å². The van der Waals surface area contributed by atoms with E-state index in [1.165, 1.54) is 55.5 Å². The van der Waals surface area contributed by atoms with Crippen LogP contribution >= 0.6 is 0 Å². The quantitative estimate of drug-likeness (QED) is 0.00920. The molecule has 0 bridgehead atoms. The van der Waals surface area contributed by atoms with Gasteiger partial charge in [-0.25, -0.2) is 19.0 Å². The molecule has 1 aromatic heterocycles. The van der Waals surface area contributed by atoms with E-state index in [4.69, 9.17) is 28.3 Å². The zero-order chi connectivity index (χ0) is 79.6. The van der Waals surface area contributed by atoms with Crippen molar-refractivity contribution in [1.82, 2.24) is 36.5 Å². The molecule has 4 fully saturated rings. The zero-order valence-corrected chi connectivity index (χ0v) is 66.3. The van der Waals surface area contributed by atoms with Gasteiger partial charge >= 0.3 is 29.9 Å². The van der Waals surface area contributed by atoms with Crippen molar-refractivity contribution in [2.24, 2.45) is 46.3 Å². The number of carboxylic acid groups (broad SMARTS) is 1. The van der Waals surface area contributed by atoms with E-state index in [0.717, 1.165) is 73.6 Å². The van der Waals surface area contributed by atoms with E-state index in [-0.39, 0.29) is 126 Å². The number of carboxylic acids is 1. The highest BCUT2D eigenvalue weighted by Crippen LogP contribution is 2.69. The van der Waals surface area contributed by atoms with Gasteiger partial charge in [-0.15, -0.1) is 0 Å². The first kappa shape index (κ1) is 80.0. The number of hydrogen-bond donors (Lipinski definition) is 6. The minimum Gasteiger partial charge on any atom is -0.480 e. The number of aliphatic carboxylic acids is 1. The lowest BCUT2D eigenvalue weighted by molar-refractivity contribution is -0.383. The Morgan fingerprint density at radius 3 is 1.59 bits per heavy atom. The van der Waals surface area contributed by atoms with Gasteiger partial charge in [-0.05, 0) is 226 Å². The molecule has 23 nitrogen and oxygen atoms in total. The minimum atomic E-state index is -1.06. The molecule has 7 aromatic carbocycles. The summed E-state index contributed by atoms with van der Waals surface area (Å²) in [7, 11) is 0. The molecule has 23 heteroatoms. The first-order valence-electron chi connectivity index (χ1n) is 41.9. The maximum atomic E-state index is 14.0. The van der Waals surface area contributed by atoms with Crippen LogP contribution in [-0.2, 0) is 33.3 Å². The van der Waals surface area contributed by atoms with Crippen molar-refractivity contribution in [2.75, 3.05) is 84.2 Å². The van der Waals surface area contributed by atoms with Crippen molar-refractivity contribution >= 4 is 52.6 Å². The number of rotatable bonds is 36. The molecule has 8 aromatic rings. The molecular formula is C92H109N9O14. The fourth-order valence-electron chi connectivity index (χ4n) is 21.6. The largest absolute Gasteiger partial charge is 0.480 e. The monoisotopic (exact) mass is 1560 g/mol. The van der Waals surface area contributed by atoms with Crippen molar-refractivity contribution in [3.63, 3.8) is 0 Å². The summed E-state index contributed by atoms with van der Waals surface area (Å²) in [5.74, 6) is 0.238. The van der Waals surface area contributed by atoms with Gasteiger partial charge in [0.25, 0.3) is 0 Å². The molecule has 606 valence electrons. The van der Waals surface area contributed by atoms with Crippen molar-refractivity contribution in [3.05, 3.63) is 201 Å². The second-order valence-electron chi connectivity index (χ2n) is 33.4. The minimum absolute atomic E-state index is 0.0261. The van der Waals surface area contributed by atoms with Gasteiger partial charge in [0.2, 0.25) is 11.4 Å². The first-order chi connectivity index (χ1) is 56.0. The van der Waals surface area contributed by atoms with Gasteiger partial charge in [-0.1, -0.05) is 173 Å². The molecule has 0 radical (unpaired) electrons. The highest BCUT2D eigenvalue weighted by Gasteiger charge is 2.66. The number of nitrogens with zero attached hydrogens (tertiary/aromatic N) is 4. The average molecular weight is 1560 g/mol.